The predicted octanol–water partition coefficient (Wildman–Crippen LogP) is 19.4. The molecule has 0 spiro atoms. The van der Waals surface area contributed by atoms with Crippen molar-refractivity contribution < 1.29 is 0 Å². The first-order valence-electron chi connectivity index (χ1n) is 28.5. The Bertz CT molecular complexity index is 5910. The van der Waals surface area contributed by atoms with E-state index in [9.17, 15) is 0 Å². The highest BCUT2D eigenvalue weighted by Gasteiger charge is 2.23. The molecular formula is C73H44N10S3. The number of fused-ring (bicyclic) bond motifs is 15. The van der Waals surface area contributed by atoms with Crippen molar-refractivity contribution in [2.45, 2.75) is 20.8 Å². The zero-order chi connectivity index (χ0) is 56.9. The van der Waals surface area contributed by atoms with E-state index in [1.54, 1.807) is 40.2 Å². The van der Waals surface area contributed by atoms with Gasteiger partial charge in [0.1, 0.15) is 0 Å². The van der Waals surface area contributed by atoms with Crippen LogP contribution in [-0.4, -0.2) is 49.0 Å². The van der Waals surface area contributed by atoms with E-state index in [1.807, 2.05) is 13.0 Å². The average molecular weight is 1160 g/mol. The summed E-state index contributed by atoms with van der Waals surface area (Å²) in [5, 5.41) is 7.94. The second-order valence-corrected chi connectivity index (χ2v) is 25.1. The van der Waals surface area contributed by atoms with E-state index in [-0.39, 0.29) is 0 Å². The second kappa shape index (κ2) is 18.8. The molecule has 0 aliphatic heterocycles. The lowest BCUT2D eigenvalue weighted by Crippen LogP contribution is -1.98. The molecule has 9 aromatic heterocycles. The van der Waals surface area contributed by atoms with Gasteiger partial charge in [0.05, 0.1) is 75.5 Å². The Kier molecular flexibility index (Phi) is 10.7. The first-order valence-corrected chi connectivity index (χ1v) is 30.9. The summed E-state index contributed by atoms with van der Waals surface area (Å²) < 4.78 is 11.5. The summed E-state index contributed by atoms with van der Waals surface area (Å²) in [5.41, 5.74) is 18.2. The van der Waals surface area contributed by atoms with Crippen LogP contribution in [0.1, 0.15) is 17.1 Å². The van der Waals surface area contributed by atoms with Gasteiger partial charge in [-0.25, -0.2) is 39.9 Å². The number of rotatable bonds is 7. The van der Waals surface area contributed by atoms with Gasteiger partial charge in [0.15, 0.2) is 23.3 Å². The molecule has 0 saturated heterocycles. The minimum Gasteiger partial charge on any atom is -0.309 e. The molecule has 0 N–H and O–H groups in total. The Hall–Kier alpha value is -10.4. The number of aryl methyl sites for hydroxylation is 3. The molecule has 9 aromatic carbocycles. The average Bonchev–Trinajstić information content (AvgIpc) is 3.86. The summed E-state index contributed by atoms with van der Waals surface area (Å²) in [4.78, 5) is 41.0. The minimum absolute atomic E-state index is 0.488. The van der Waals surface area contributed by atoms with E-state index in [4.69, 9.17) is 34.9 Å². The third-order valence-corrected chi connectivity index (χ3v) is 20.6. The van der Waals surface area contributed by atoms with Crippen LogP contribution in [-0.2, 0) is 0 Å². The van der Waals surface area contributed by atoms with Gasteiger partial charge in [-0.15, -0.1) is 34.0 Å². The summed E-state index contributed by atoms with van der Waals surface area (Å²) in [6, 6.07) is 73.6. The number of hydrogen-bond acceptors (Lipinski definition) is 11. The fourth-order valence-electron chi connectivity index (χ4n) is 12.9. The van der Waals surface area contributed by atoms with E-state index in [0.717, 1.165) is 152 Å². The SMILES string of the molecule is Cc1nc(-c2ccc3c4ccccc4n(-c4cccc(-c5ccc6sc7c(C)nc(-c8cccc9c8c8ccccc8n9-c8ccccc8)nc7c6c5)c4)c3c2)nc2c1sc1ccc(-c3ccnc(-c4nc(C)c5sc6ccccc6c5n4)n3)cc12. The highest BCUT2D eigenvalue weighted by atomic mass is 32.1. The molecular weight excluding hydrogens is 1110 g/mol. The van der Waals surface area contributed by atoms with Crippen LogP contribution < -0.4 is 0 Å². The van der Waals surface area contributed by atoms with Crippen LogP contribution in [0.15, 0.2) is 212 Å². The summed E-state index contributed by atoms with van der Waals surface area (Å²) in [6.07, 6.45) is 1.80. The van der Waals surface area contributed by atoms with Crippen molar-refractivity contribution in [1.82, 2.24) is 49.0 Å². The highest BCUT2D eigenvalue weighted by molar-refractivity contribution is 7.26. The van der Waals surface area contributed by atoms with Crippen molar-refractivity contribution in [3.05, 3.63) is 230 Å². The zero-order valence-electron chi connectivity index (χ0n) is 46.4. The molecule has 18 rings (SSSR count). The smallest absolute Gasteiger partial charge is 0.198 e. The summed E-state index contributed by atoms with van der Waals surface area (Å²) in [5.74, 6) is 2.40. The molecule has 10 nitrogen and oxygen atoms in total. The van der Waals surface area contributed by atoms with Crippen LogP contribution >= 0.6 is 34.0 Å². The zero-order valence-corrected chi connectivity index (χ0v) is 48.9. The lowest BCUT2D eigenvalue weighted by atomic mass is 10.0. The lowest BCUT2D eigenvalue weighted by molar-refractivity contribution is 1.08. The molecule has 9 heterocycles. The molecule has 0 radical (unpaired) electrons. The number of para-hydroxylation sites is 3. The van der Waals surface area contributed by atoms with E-state index < -0.39 is 0 Å². The molecule has 0 aliphatic carbocycles. The number of hydrogen-bond donors (Lipinski definition) is 0. The van der Waals surface area contributed by atoms with Crippen molar-refractivity contribution >= 4 is 139 Å². The lowest BCUT2D eigenvalue weighted by Gasteiger charge is -2.11. The van der Waals surface area contributed by atoms with Gasteiger partial charge in [0.2, 0.25) is 0 Å². The Morgan fingerprint density at radius 1 is 0.314 bits per heavy atom. The van der Waals surface area contributed by atoms with Gasteiger partial charge in [0.25, 0.3) is 0 Å². The summed E-state index contributed by atoms with van der Waals surface area (Å²) in [7, 11) is 0. The third-order valence-electron chi connectivity index (χ3n) is 16.8. The van der Waals surface area contributed by atoms with Crippen molar-refractivity contribution in [3.8, 4) is 68.2 Å². The van der Waals surface area contributed by atoms with Crippen molar-refractivity contribution in [2.24, 2.45) is 0 Å². The molecule has 86 heavy (non-hydrogen) atoms. The molecule has 0 unspecified atom stereocenters. The molecule has 0 bridgehead atoms. The fourth-order valence-corrected chi connectivity index (χ4v) is 16.1. The third kappa shape index (κ3) is 7.48. The van der Waals surface area contributed by atoms with Gasteiger partial charge in [-0.05, 0) is 117 Å². The number of benzene rings is 9. The predicted molar refractivity (Wildman–Crippen MR) is 358 cm³/mol. The van der Waals surface area contributed by atoms with Gasteiger partial charge in [-0.2, -0.15) is 0 Å². The Balaban J connectivity index is 0.719. The summed E-state index contributed by atoms with van der Waals surface area (Å²) >= 11 is 5.20. The van der Waals surface area contributed by atoms with Crippen LogP contribution in [0, 0.1) is 20.8 Å². The Morgan fingerprint density at radius 3 is 1.63 bits per heavy atom. The molecule has 0 fully saturated rings. The normalized spacial score (nSPS) is 12.1. The van der Waals surface area contributed by atoms with Crippen LogP contribution in [0.5, 0.6) is 0 Å². The molecule has 0 aliphatic rings. The second-order valence-electron chi connectivity index (χ2n) is 21.9. The van der Waals surface area contributed by atoms with E-state index >= 15 is 0 Å². The maximum Gasteiger partial charge on any atom is 0.198 e. The maximum absolute atomic E-state index is 5.47. The summed E-state index contributed by atoms with van der Waals surface area (Å²) in [6.45, 7) is 6.24. The largest absolute Gasteiger partial charge is 0.309 e. The van der Waals surface area contributed by atoms with E-state index in [1.165, 1.54) is 20.2 Å². The molecule has 0 atom stereocenters. The van der Waals surface area contributed by atoms with Crippen molar-refractivity contribution in [3.63, 3.8) is 0 Å². The molecule has 0 amide bonds. The highest BCUT2D eigenvalue weighted by Crippen LogP contribution is 2.44. The first kappa shape index (κ1) is 49.0. The number of nitrogens with zero attached hydrogens (tertiary/aromatic N) is 10. The number of aromatic nitrogens is 10. The topological polar surface area (TPSA) is 113 Å². The molecule has 404 valence electrons. The van der Waals surface area contributed by atoms with Crippen LogP contribution in [0.4, 0.5) is 0 Å². The Labute approximate surface area is 502 Å². The minimum atomic E-state index is 0.488. The first-order chi connectivity index (χ1) is 42.3. The van der Waals surface area contributed by atoms with Gasteiger partial charge >= 0.3 is 0 Å². The van der Waals surface area contributed by atoms with Crippen molar-refractivity contribution in [1.29, 1.82) is 0 Å². The van der Waals surface area contributed by atoms with Gasteiger partial charge < -0.3 is 9.13 Å². The fraction of sp³-hybridized carbons (Fsp3) is 0.0411. The molecule has 0 saturated carbocycles. The van der Waals surface area contributed by atoms with E-state index in [0.29, 0.717) is 17.5 Å². The Morgan fingerprint density at radius 2 is 0.849 bits per heavy atom. The monoisotopic (exact) mass is 1160 g/mol. The van der Waals surface area contributed by atoms with Crippen LogP contribution in [0.2, 0.25) is 0 Å². The molecule has 13 heteroatoms. The van der Waals surface area contributed by atoms with Crippen LogP contribution in [0.3, 0.4) is 0 Å². The maximum atomic E-state index is 5.47. The van der Waals surface area contributed by atoms with E-state index in [2.05, 4.69) is 228 Å². The van der Waals surface area contributed by atoms with Gasteiger partial charge in [-0.1, -0.05) is 121 Å². The van der Waals surface area contributed by atoms with Gasteiger partial charge in [-0.3, -0.25) is 0 Å². The standard InChI is InChI=1S/C73H44N10S3/c1-39-68-65(54-37-44(29-32-62(54)86-68)55-33-34-74-72(78-55)73-77-41(3)67-64(81-73)51-21-9-12-26-60(51)84-67)79-70(75-39)45-27-30-49-48-19-7-10-23-56(48)83(59(49)38-45)47-18-13-15-42(35-47)43-28-31-61-53(36-43)66-69(85-61)40(2)76-71(80-66)52-22-14-25-58-63(52)50-20-8-11-24-57(50)82(58)46-16-5-4-6-17-46/h4-38H,1-3H3. The number of thiophene rings is 3. The van der Waals surface area contributed by atoms with Crippen molar-refractivity contribution in [2.75, 3.05) is 0 Å². The quantitative estimate of drug-likeness (QED) is 0.155. The van der Waals surface area contributed by atoms with Gasteiger partial charge in [0, 0.05) is 86.1 Å². The molecule has 18 aromatic rings. The van der Waals surface area contributed by atoms with Crippen LogP contribution in [0.25, 0.3) is 173 Å².